The number of benzene rings is 1. The van der Waals surface area contributed by atoms with Crippen LogP contribution in [0.25, 0.3) is 0 Å². The Labute approximate surface area is 149 Å². The van der Waals surface area contributed by atoms with Gasteiger partial charge in [-0.15, -0.1) is 0 Å². The Morgan fingerprint density at radius 2 is 2.00 bits per heavy atom. The molecule has 23 heavy (non-hydrogen) atoms. The van der Waals surface area contributed by atoms with Crippen LogP contribution in [0.5, 0.6) is 0 Å². The third-order valence-corrected chi connectivity index (χ3v) is 5.57. The third kappa shape index (κ3) is 4.61. The number of imidazole rings is 1. The van der Waals surface area contributed by atoms with Crippen molar-refractivity contribution < 1.29 is 4.79 Å². The second-order valence-corrected chi connectivity index (χ2v) is 7.61. The first-order valence-corrected chi connectivity index (χ1v) is 9.71. The number of halogens is 1. The molecule has 2 aromatic rings. The lowest BCUT2D eigenvalue weighted by atomic mass is 9.95. The van der Waals surface area contributed by atoms with Crippen LogP contribution >= 0.6 is 27.7 Å². The zero-order valence-electron chi connectivity index (χ0n) is 12.9. The van der Waals surface area contributed by atoms with Gasteiger partial charge in [0.2, 0.25) is 5.91 Å². The van der Waals surface area contributed by atoms with Crippen LogP contribution in [0.3, 0.4) is 0 Å². The minimum absolute atomic E-state index is 0.00415. The van der Waals surface area contributed by atoms with Crippen LogP contribution in [0.1, 0.15) is 38.1 Å². The van der Waals surface area contributed by atoms with E-state index >= 15 is 0 Å². The summed E-state index contributed by atoms with van der Waals surface area (Å²) < 4.78 is 3.25. The van der Waals surface area contributed by atoms with Crippen molar-refractivity contribution in [2.45, 2.75) is 43.3 Å². The van der Waals surface area contributed by atoms with Gasteiger partial charge in [-0.3, -0.25) is 4.79 Å². The topological polar surface area (TPSA) is 46.9 Å². The lowest BCUT2D eigenvalue weighted by Crippen LogP contribution is -2.16. The van der Waals surface area contributed by atoms with Gasteiger partial charge in [-0.2, -0.15) is 0 Å². The van der Waals surface area contributed by atoms with Gasteiger partial charge < -0.3 is 9.88 Å². The Morgan fingerprint density at radius 1 is 1.26 bits per heavy atom. The average Bonchev–Trinajstić information content (AvgIpc) is 3.04. The number of carbonyl (C=O) groups excluding carboxylic acids is 1. The summed E-state index contributed by atoms with van der Waals surface area (Å²) in [6, 6.07) is 8.14. The van der Waals surface area contributed by atoms with Crippen LogP contribution in [0.15, 0.2) is 46.3 Å². The van der Waals surface area contributed by atoms with Crippen LogP contribution in [-0.2, 0) is 4.79 Å². The van der Waals surface area contributed by atoms with Crippen molar-refractivity contribution >= 4 is 39.3 Å². The van der Waals surface area contributed by atoms with Crippen LogP contribution in [0.2, 0.25) is 0 Å². The standard InChI is InChI=1S/C17H20BrN3OS/c18-13-6-8-14(9-7-13)20-16(22)12-23-17-19-10-11-21(17)15-4-2-1-3-5-15/h6-11,15H,1-5,12H2,(H,20,22). The van der Waals surface area contributed by atoms with Crippen LogP contribution in [-0.4, -0.2) is 21.2 Å². The molecule has 0 saturated heterocycles. The maximum atomic E-state index is 12.1. The smallest absolute Gasteiger partial charge is 0.234 e. The maximum Gasteiger partial charge on any atom is 0.234 e. The molecule has 122 valence electrons. The van der Waals surface area contributed by atoms with Crippen LogP contribution in [0, 0.1) is 0 Å². The molecule has 4 nitrogen and oxygen atoms in total. The molecular weight excluding hydrogens is 374 g/mol. The van der Waals surface area contributed by atoms with Crippen molar-refractivity contribution in [3.8, 4) is 0 Å². The zero-order chi connectivity index (χ0) is 16.1. The van der Waals surface area contributed by atoms with Gasteiger partial charge in [0.1, 0.15) is 0 Å². The Bertz CT molecular complexity index is 650. The molecular formula is C17H20BrN3OS. The number of hydrogen-bond acceptors (Lipinski definition) is 3. The Kier molecular flexibility index (Phi) is 5.78. The van der Waals surface area contributed by atoms with Crippen molar-refractivity contribution in [2.24, 2.45) is 0 Å². The van der Waals surface area contributed by atoms with Gasteiger partial charge >= 0.3 is 0 Å². The monoisotopic (exact) mass is 393 g/mol. The van der Waals surface area contributed by atoms with E-state index in [1.165, 1.54) is 43.9 Å². The molecule has 1 amide bonds. The van der Waals surface area contributed by atoms with E-state index in [0.717, 1.165) is 15.3 Å². The molecule has 1 aromatic heterocycles. The molecule has 6 heteroatoms. The predicted octanol–water partition coefficient (Wildman–Crippen LogP) is 4.88. The van der Waals surface area contributed by atoms with E-state index in [1.54, 1.807) is 0 Å². The van der Waals surface area contributed by atoms with E-state index in [9.17, 15) is 4.79 Å². The first-order chi connectivity index (χ1) is 11.2. The van der Waals surface area contributed by atoms with E-state index in [4.69, 9.17) is 0 Å². The van der Waals surface area contributed by atoms with E-state index in [-0.39, 0.29) is 5.91 Å². The Balaban J connectivity index is 1.55. The van der Waals surface area contributed by atoms with Crippen molar-refractivity contribution in [1.29, 1.82) is 0 Å². The lowest BCUT2D eigenvalue weighted by molar-refractivity contribution is -0.113. The van der Waals surface area contributed by atoms with E-state index in [0.29, 0.717) is 11.8 Å². The molecule has 1 fully saturated rings. The predicted molar refractivity (Wildman–Crippen MR) is 97.8 cm³/mol. The summed E-state index contributed by atoms with van der Waals surface area (Å²) in [5, 5.41) is 3.86. The molecule has 0 unspecified atom stereocenters. The van der Waals surface area contributed by atoms with E-state index in [1.807, 2.05) is 36.7 Å². The molecule has 1 aliphatic carbocycles. The Hall–Kier alpha value is -1.27. The van der Waals surface area contributed by atoms with Gasteiger partial charge in [-0.1, -0.05) is 47.0 Å². The van der Waals surface area contributed by atoms with Gasteiger partial charge in [0.05, 0.1) is 5.75 Å². The van der Waals surface area contributed by atoms with Crippen molar-refractivity contribution in [1.82, 2.24) is 9.55 Å². The van der Waals surface area contributed by atoms with E-state index in [2.05, 4.69) is 30.8 Å². The lowest BCUT2D eigenvalue weighted by Gasteiger charge is -2.24. The number of rotatable bonds is 5. The average molecular weight is 394 g/mol. The van der Waals surface area contributed by atoms with Gasteiger partial charge in [0.25, 0.3) is 0 Å². The first-order valence-electron chi connectivity index (χ1n) is 7.93. The number of thioether (sulfide) groups is 1. The summed E-state index contributed by atoms with van der Waals surface area (Å²) in [6.07, 6.45) is 10.2. The zero-order valence-corrected chi connectivity index (χ0v) is 15.3. The van der Waals surface area contributed by atoms with Gasteiger partial charge in [-0.05, 0) is 37.1 Å². The summed E-state index contributed by atoms with van der Waals surface area (Å²) in [7, 11) is 0. The quantitative estimate of drug-likeness (QED) is 0.736. The summed E-state index contributed by atoms with van der Waals surface area (Å²) in [6.45, 7) is 0. The minimum Gasteiger partial charge on any atom is -0.325 e. The number of hydrogen-bond donors (Lipinski definition) is 1. The van der Waals surface area contributed by atoms with Gasteiger partial charge in [0, 0.05) is 28.6 Å². The molecule has 0 bridgehead atoms. The van der Waals surface area contributed by atoms with Crippen molar-refractivity contribution in [3.05, 3.63) is 41.1 Å². The molecule has 1 heterocycles. The van der Waals surface area contributed by atoms with Gasteiger partial charge in [-0.25, -0.2) is 4.98 Å². The van der Waals surface area contributed by atoms with E-state index < -0.39 is 0 Å². The molecule has 0 spiro atoms. The summed E-state index contributed by atoms with van der Waals surface area (Å²) >= 11 is 4.89. The highest BCUT2D eigenvalue weighted by Gasteiger charge is 2.18. The Morgan fingerprint density at radius 3 is 2.74 bits per heavy atom. The van der Waals surface area contributed by atoms with Crippen molar-refractivity contribution in [2.75, 3.05) is 11.1 Å². The van der Waals surface area contributed by atoms with Crippen molar-refractivity contribution in [3.63, 3.8) is 0 Å². The summed E-state index contributed by atoms with van der Waals surface area (Å²) in [4.78, 5) is 16.5. The largest absolute Gasteiger partial charge is 0.325 e. The summed E-state index contributed by atoms with van der Waals surface area (Å²) in [5.74, 6) is 0.371. The highest BCUT2D eigenvalue weighted by Crippen LogP contribution is 2.31. The second-order valence-electron chi connectivity index (χ2n) is 5.75. The third-order valence-electron chi connectivity index (χ3n) is 4.06. The normalized spacial score (nSPS) is 15.5. The minimum atomic E-state index is -0.00415. The summed E-state index contributed by atoms with van der Waals surface area (Å²) in [5.41, 5.74) is 0.814. The van der Waals surface area contributed by atoms with Gasteiger partial charge in [0.15, 0.2) is 5.16 Å². The molecule has 1 aromatic carbocycles. The molecule has 1 aliphatic rings. The van der Waals surface area contributed by atoms with Crippen LogP contribution < -0.4 is 5.32 Å². The SMILES string of the molecule is O=C(CSc1nccn1C1CCCCC1)Nc1ccc(Br)cc1. The fourth-order valence-corrected chi connectivity index (χ4v) is 4.00. The maximum absolute atomic E-state index is 12.1. The molecule has 0 aliphatic heterocycles. The first kappa shape index (κ1) is 16.6. The molecule has 0 radical (unpaired) electrons. The highest BCUT2D eigenvalue weighted by molar-refractivity contribution is 9.10. The number of aromatic nitrogens is 2. The number of nitrogens with one attached hydrogen (secondary N) is 1. The highest BCUT2D eigenvalue weighted by atomic mass is 79.9. The molecule has 1 saturated carbocycles. The second kappa shape index (κ2) is 8.02. The number of carbonyl (C=O) groups is 1. The number of nitrogens with zero attached hydrogens (tertiary/aromatic N) is 2. The molecule has 1 N–H and O–H groups in total. The molecule has 3 rings (SSSR count). The van der Waals surface area contributed by atoms with Crippen LogP contribution in [0.4, 0.5) is 5.69 Å². The fourth-order valence-electron chi connectivity index (χ4n) is 2.91. The number of amides is 1. The number of anilines is 1. The molecule has 0 atom stereocenters. The fraction of sp³-hybridized carbons (Fsp3) is 0.412.